The molecule has 1 saturated heterocycles. The first-order valence-electron chi connectivity index (χ1n) is 4.92. The van der Waals surface area contributed by atoms with Gasteiger partial charge in [-0.1, -0.05) is 13.8 Å². The molecule has 1 aliphatic heterocycles. The number of hydrogen-bond donors (Lipinski definition) is 3. The van der Waals surface area contributed by atoms with Crippen LogP contribution in [-0.4, -0.2) is 42.2 Å². The van der Waals surface area contributed by atoms with Crippen LogP contribution in [0.5, 0.6) is 0 Å². The summed E-state index contributed by atoms with van der Waals surface area (Å²) < 4.78 is 19.0. The second-order valence-corrected chi connectivity index (χ2v) is 4.13. The molecule has 5 N–H and O–H groups in total. The van der Waals surface area contributed by atoms with Gasteiger partial charge in [0.05, 0.1) is 18.2 Å². The van der Waals surface area contributed by atoms with Gasteiger partial charge in [0.2, 0.25) is 0 Å². The minimum atomic E-state index is -1.45. The van der Waals surface area contributed by atoms with E-state index in [-0.39, 0.29) is 18.6 Å². The summed E-state index contributed by atoms with van der Waals surface area (Å²) in [4.78, 5) is 0. The number of halogens is 1. The van der Waals surface area contributed by atoms with Gasteiger partial charge in [-0.3, -0.25) is 0 Å². The van der Waals surface area contributed by atoms with Gasteiger partial charge in [-0.25, -0.2) is 4.39 Å². The zero-order valence-electron chi connectivity index (χ0n) is 8.56. The van der Waals surface area contributed by atoms with Gasteiger partial charge in [0.25, 0.3) is 0 Å². The monoisotopic (exact) mass is 206 g/mol. The Kier molecular flexibility index (Phi) is 3.83. The van der Waals surface area contributed by atoms with Crippen molar-refractivity contribution in [3.8, 4) is 0 Å². The van der Waals surface area contributed by atoms with E-state index < -0.39 is 24.4 Å². The third-order valence-electron chi connectivity index (χ3n) is 2.68. The number of hydrogen-bond acceptors (Lipinski definition) is 4. The molecule has 84 valence electrons. The Morgan fingerprint density at radius 1 is 1.50 bits per heavy atom. The van der Waals surface area contributed by atoms with Gasteiger partial charge in [0, 0.05) is 6.54 Å². The highest BCUT2D eigenvalue weighted by molar-refractivity contribution is 4.96. The highest BCUT2D eigenvalue weighted by Gasteiger charge is 2.44. The van der Waals surface area contributed by atoms with E-state index in [0.29, 0.717) is 0 Å². The molecule has 0 aromatic rings. The molecular formula is C9H19FN2O2. The zero-order chi connectivity index (χ0) is 10.9. The minimum absolute atomic E-state index is 0.109. The Labute approximate surface area is 83.4 Å². The van der Waals surface area contributed by atoms with Crippen molar-refractivity contribution in [2.24, 2.45) is 17.4 Å². The van der Waals surface area contributed by atoms with E-state index in [9.17, 15) is 9.50 Å². The molecule has 1 aliphatic rings. The van der Waals surface area contributed by atoms with Gasteiger partial charge in [-0.05, 0) is 5.92 Å². The summed E-state index contributed by atoms with van der Waals surface area (Å²) in [6.07, 6.45) is -3.67. The summed E-state index contributed by atoms with van der Waals surface area (Å²) >= 11 is 0. The molecule has 0 spiro atoms. The van der Waals surface area contributed by atoms with Crippen LogP contribution in [-0.2, 0) is 4.74 Å². The Morgan fingerprint density at radius 3 is 2.50 bits per heavy atom. The predicted molar refractivity (Wildman–Crippen MR) is 51.4 cm³/mol. The molecule has 5 heteroatoms. The Hall–Kier alpha value is -0.230. The molecule has 1 rings (SSSR count). The van der Waals surface area contributed by atoms with E-state index in [1.165, 1.54) is 0 Å². The van der Waals surface area contributed by atoms with Crippen molar-refractivity contribution in [3.63, 3.8) is 0 Å². The highest BCUT2D eigenvalue weighted by atomic mass is 19.1. The van der Waals surface area contributed by atoms with E-state index in [4.69, 9.17) is 16.2 Å². The van der Waals surface area contributed by atoms with E-state index in [1.54, 1.807) is 0 Å². The van der Waals surface area contributed by atoms with Gasteiger partial charge in [0.15, 0.2) is 0 Å². The van der Waals surface area contributed by atoms with Gasteiger partial charge in [0.1, 0.15) is 12.3 Å². The third-order valence-corrected chi connectivity index (χ3v) is 2.68. The average molecular weight is 206 g/mol. The van der Waals surface area contributed by atoms with Gasteiger partial charge < -0.3 is 21.3 Å². The van der Waals surface area contributed by atoms with Crippen molar-refractivity contribution < 1.29 is 14.2 Å². The topological polar surface area (TPSA) is 81.5 Å². The normalized spacial score (nSPS) is 44.4. The fourth-order valence-electron chi connectivity index (χ4n) is 1.78. The maximum atomic E-state index is 13.5. The van der Waals surface area contributed by atoms with Gasteiger partial charge >= 0.3 is 0 Å². The van der Waals surface area contributed by atoms with E-state index in [2.05, 4.69) is 0 Å². The number of alkyl halides is 1. The molecule has 0 aromatic carbocycles. The lowest BCUT2D eigenvalue weighted by molar-refractivity contribution is -0.167. The summed E-state index contributed by atoms with van der Waals surface area (Å²) in [6.45, 7) is 3.92. The SMILES string of the molecule is CC(C)[C@H]1O[C@H](CN)[C@@H](O)[C@@H](F)[C@H]1N. The molecule has 1 heterocycles. The van der Waals surface area contributed by atoms with Crippen molar-refractivity contribution in [3.05, 3.63) is 0 Å². The third kappa shape index (κ3) is 2.06. The smallest absolute Gasteiger partial charge is 0.146 e. The zero-order valence-corrected chi connectivity index (χ0v) is 8.56. The second kappa shape index (κ2) is 4.53. The van der Waals surface area contributed by atoms with Crippen LogP contribution in [0.4, 0.5) is 4.39 Å². The summed E-state index contributed by atoms with van der Waals surface area (Å²) in [5.41, 5.74) is 11.0. The number of aliphatic hydroxyl groups excluding tert-OH is 1. The number of aliphatic hydroxyl groups is 1. The highest BCUT2D eigenvalue weighted by Crippen LogP contribution is 2.25. The van der Waals surface area contributed by atoms with Gasteiger partial charge in [-0.2, -0.15) is 0 Å². The largest absolute Gasteiger partial charge is 0.387 e. The Morgan fingerprint density at radius 2 is 2.07 bits per heavy atom. The summed E-state index contributed by atoms with van der Waals surface area (Å²) in [7, 11) is 0. The van der Waals surface area contributed by atoms with Crippen molar-refractivity contribution in [2.75, 3.05) is 6.54 Å². The molecular weight excluding hydrogens is 187 g/mol. The van der Waals surface area contributed by atoms with Crippen LogP contribution in [0.25, 0.3) is 0 Å². The van der Waals surface area contributed by atoms with Crippen LogP contribution >= 0.6 is 0 Å². The maximum absolute atomic E-state index is 13.5. The number of rotatable bonds is 2. The van der Waals surface area contributed by atoms with Crippen molar-refractivity contribution in [1.29, 1.82) is 0 Å². The first-order chi connectivity index (χ1) is 6.49. The van der Waals surface area contributed by atoms with E-state index >= 15 is 0 Å². The summed E-state index contributed by atoms with van der Waals surface area (Å²) in [5, 5.41) is 9.45. The minimum Gasteiger partial charge on any atom is -0.387 e. The van der Waals surface area contributed by atoms with Crippen molar-refractivity contribution >= 4 is 0 Å². The number of ether oxygens (including phenoxy) is 1. The molecule has 0 radical (unpaired) electrons. The van der Waals surface area contributed by atoms with Crippen LogP contribution in [0, 0.1) is 5.92 Å². The maximum Gasteiger partial charge on any atom is 0.146 e. The molecule has 0 aromatic heterocycles. The quantitative estimate of drug-likeness (QED) is 0.563. The second-order valence-electron chi connectivity index (χ2n) is 4.13. The van der Waals surface area contributed by atoms with Crippen molar-refractivity contribution in [1.82, 2.24) is 0 Å². The Bertz CT molecular complexity index is 190. The molecule has 0 saturated carbocycles. The Balaban J connectivity index is 2.73. The summed E-state index contributed by atoms with van der Waals surface area (Å²) in [5.74, 6) is 0.116. The van der Waals surface area contributed by atoms with Crippen LogP contribution in [0.1, 0.15) is 13.8 Å². The van der Waals surface area contributed by atoms with Gasteiger partial charge in [-0.15, -0.1) is 0 Å². The van der Waals surface area contributed by atoms with Crippen LogP contribution in [0.15, 0.2) is 0 Å². The lowest BCUT2D eigenvalue weighted by Gasteiger charge is -2.41. The van der Waals surface area contributed by atoms with Crippen LogP contribution in [0.3, 0.4) is 0 Å². The van der Waals surface area contributed by atoms with Crippen LogP contribution in [0.2, 0.25) is 0 Å². The molecule has 0 amide bonds. The fourth-order valence-corrected chi connectivity index (χ4v) is 1.78. The first-order valence-corrected chi connectivity index (χ1v) is 4.92. The molecule has 0 bridgehead atoms. The molecule has 14 heavy (non-hydrogen) atoms. The molecule has 5 atom stereocenters. The first kappa shape index (κ1) is 11.8. The van der Waals surface area contributed by atoms with Crippen LogP contribution < -0.4 is 11.5 Å². The van der Waals surface area contributed by atoms with Crippen molar-refractivity contribution in [2.45, 2.75) is 44.4 Å². The summed E-state index contributed by atoms with van der Waals surface area (Å²) in [6, 6.07) is -0.771. The average Bonchev–Trinajstić information content (AvgIpc) is 2.14. The lowest BCUT2D eigenvalue weighted by atomic mass is 9.89. The molecule has 4 nitrogen and oxygen atoms in total. The lowest BCUT2D eigenvalue weighted by Crippen LogP contribution is -2.62. The molecule has 0 unspecified atom stereocenters. The molecule has 1 fully saturated rings. The predicted octanol–water partition coefficient (Wildman–Crippen LogP) is -0.605. The standard InChI is InChI=1S/C9H19FN2O2/c1-4(2)9-7(12)6(10)8(13)5(3-11)14-9/h4-9,13H,3,11-12H2,1-2H3/t5-,6+,7-,8-,9-/m1/s1. The van der Waals surface area contributed by atoms with E-state index in [0.717, 1.165) is 0 Å². The fraction of sp³-hybridized carbons (Fsp3) is 1.00. The number of nitrogens with two attached hydrogens (primary N) is 2. The van der Waals surface area contributed by atoms with E-state index in [1.807, 2.05) is 13.8 Å². The molecule has 0 aliphatic carbocycles.